The van der Waals surface area contributed by atoms with Crippen molar-refractivity contribution in [2.75, 3.05) is 12.4 Å². The molecule has 2 aromatic rings. The molecule has 1 aromatic carbocycles. The van der Waals surface area contributed by atoms with E-state index in [0.717, 1.165) is 17.1 Å². The van der Waals surface area contributed by atoms with Crippen molar-refractivity contribution in [3.05, 3.63) is 30.6 Å². The standard InChI is InChI=1S/C13H16N4O2/c1-9(13(18)19-3)15-11-6-4-10(5-7-11)12-16-14-8-17(12)2/h4-9,15H,1-3H3. The van der Waals surface area contributed by atoms with Gasteiger partial charge in [-0.25, -0.2) is 4.79 Å². The van der Waals surface area contributed by atoms with Gasteiger partial charge >= 0.3 is 5.97 Å². The van der Waals surface area contributed by atoms with E-state index in [2.05, 4.69) is 20.3 Å². The smallest absolute Gasteiger partial charge is 0.327 e. The first kappa shape index (κ1) is 13.1. The molecule has 1 unspecified atom stereocenters. The maximum atomic E-state index is 11.3. The van der Waals surface area contributed by atoms with Crippen molar-refractivity contribution in [2.45, 2.75) is 13.0 Å². The first-order valence-corrected chi connectivity index (χ1v) is 5.90. The SMILES string of the molecule is COC(=O)C(C)Nc1ccc(-c2nncn2C)cc1. The van der Waals surface area contributed by atoms with E-state index < -0.39 is 0 Å². The molecule has 19 heavy (non-hydrogen) atoms. The zero-order chi connectivity index (χ0) is 13.8. The number of esters is 1. The van der Waals surface area contributed by atoms with Crippen LogP contribution < -0.4 is 5.32 Å². The molecule has 1 heterocycles. The molecule has 0 spiro atoms. The van der Waals surface area contributed by atoms with E-state index >= 15 is 0 Å². The second-order valence-electron chi connectivity index (χ2n) is 4.23. The lowest BCUT2D eigenvalue weighted by molar-refractivity contribution is -0.141. The number of benzene rings is 1. The highest BCUT2D eigenvalue weighted by Gasteiger charge is 2.12. The van der Waals surface area contributed by atoms with Crippen molar-refractivity contribution < 1.29 is 9.53 Å². The lowest BCUT2D eigenvalue weighted by Crippen LogP contribution is -2.27. The monoisotopic (exact) mass is 260 g/mol. The minimum absolute atomic E-state index is 0.294. The fourth-order valence-electron chi connectivity index (χ4n) is 1.75. The van der Waals surface area contributed by atoms with Crippen molar-refractivity contribution in [1.82, 2.24) is 14.8 Å². The molecule has 0 aliphatic carbocycles. The summed E-state index contributed by atoms with van der Waals surface area (Å²) >= 11 is 0. The highest BCUT2D eigenvalue weighted by molar-refractivity contribution is 5.78. The lowest BCUT2D eigenvalue weighted by Gasteiger charge is -2.13. The molecule has 6 nitrogen and oxygen atoms in total. The number of hydrogen-bond donors (Lipinski definition) is 1. The van der Waals surface area contributed by atoms with Crippen molar-refractivity contribution in [1.29, 1.82) is 0 Å². The highest BCUT2D eigenvalue weighted by Crippen LogP contribution is 2.19. The fourth-order valence-corrected chi connectivity index (χ4v) is 1.75. The summed E-state index contributed by atoms with van der Waals surface area (Å²) in [4.78, 5) is 11.3. The molecular weight excluding hydrogens is 244 g/mol. The minimum Gasteiger partial charge on any atom is -0.467 e. The van der Waals surface area contributed by atoms with Crippen LogP contribution in [0.4, 0.5) is 5.69 Å². The van der Waals surface area contributed by atoms with Crippen LogP contribution in [0.5, 0.6) is 0 Å². The van der Waals surface area contributed by atoms with Gasteiger partial charge in [0, 0.05) is 18.3 Å². The topological polar surface area (TPSA) is 69.0 Å². The number of rotatable bonds is 4. The summed E-state index contributed by atoms with van der Waals surface area (Å²) in [7, 11) is 3.26. The maximum Gasteiger partial charge on any atom is 0.327 e. The number of carbonyl (C=O) groups is 1. The number of aryl methyl sites for hydroxylation is 1. The molecule has 1 N–H and O–H groups in total. The summed E-state index contributed by atoms with van der Waals surface area (Å²) in [6.07, 6.45) is 1.65. The zero-order valence-corrected chi connectivity index (χ0v) is 11.1. The maximum absolute atomic E-state index is 11.3. The van der Waals surface area contributed by atoms with E-state index in [4.69, 9.17) is 0 Å². The number of ether oxygens (including phenoxy) is 1. The number of methoxy groups -OCH3 is 1. The van der Waals surface area contributed by atoms with E-state index in [-0.39, 0.29) is 12.0 Å². The minimum atomic E-state index is -0.384. The van der Waals surface area contributed by atoms with E-state index in [1.54, 1.807) is 13.3 Å². The van der Waals surface area contributed by atoms with Gasteiger partial charge in [-0.15, -0.1) is 10.2 Å². The van der Waals surface area contributed by atoms with Crippen LogP contribution in [0.1, 0.15) is 6.92 Å². The van der Waals surface area contributed by atoms with Gasteiger partial charge in [0.1, 0.15) is 12.4 Å². The number of hydrogen-bond acceptors (Lipinski definition) is 5. The quantitative estimate of drug-likeness (QED) is 0.843. The summed E-state index contributed by atoms with van der Waals surface area (Å²) in [5.74, 6) is 0.505. The van der Waals surface area contributed by atoms with Gasteiger partial charge in [0.25, 0.3) is 0 Å². The average Bonchev–Trinajstić information content (AvgIpc) is 2.85. The summed E-state index contributed by atoms with van der Waals surface area (Å²) in [5.41, 5.74) is 1.82. The zero-order valence-electron chi connectivity index (χ0n) is 11.1. The summed E-state index contributed by atoms with van der Waals surface area (Å²) < 4.78 is 6.51. The molecule has 0 aliphatic heterocycles. The van der Waals surface area contributed by atoms with Gasteiger partial charge in [-0.05, 0) is 31.2 Å². The Kier molecular flexibility index (Phi) is 3.79. The second-order valence-corrected chi connectivity index (χ2v) is 4.23. The molecule has 0 amide bonds. The molecule has 100 valence electrons. The van der Waals surface area contributed by atoms with Gasteiger partial charge in [0.15, 0.2) is 5.82 Å². The summed E-state index contributed by atoms with van der Waals surface area (Å²) in [6.45, 7) is 1.75. The predicted octanol–water partition coefficient (Wildman–Crippen LogP) is 1.46. The van der Waals surface area contributed by atoms with Crippen LogP contribution in [0, 0.1) is 0 Å². The Morgan fingerprint density at radius 3 is 2.58 bits per heavy atom. The average molecular weight is 260 g/mol. The molecule has 0 bridgehead atoms. The number of aromatic nitrogens is 3. The third kappa shape index (κ3) is 2.90. The number of nitrogens with one attached hydrogen (secondary N) is 1. The van der Waals surface area contributed by atoms with Crippen LogP contribution in [-0.2, 0) is 16.6 Å². The Morgan fingerprint density at radius 1 is 1.37 bits per heavy atom. The molecular formula is C13H16N4O2. The van der Waals surface area contributed by atoms with E-state index in [1.807, 2.05) is 35.9 Å². The molecule has 0 saturated heterocycles. The van der Waals surface area contributed by atoms with Crippen LogP contribution in [-0.4, -0.2) is 33.9 Å². The molecule has 1 aromatic heterocycles. The van der Waals surface area contributed by atoms with Crippen molar-refractivity contribution in [3.63, 3.8) is 0 Å². The third-order valence-electron chi connectivity index (χ3n) is 2.79. The van der Waals surface area contributed by atoms with Gasteiger partial charge in [-0.2, -0.15) is 0 Å². The van der Waals surface area contributed by atoms with Gasteiger partial charge in [0.05, 0.1) is 7.11 Å². The molecule has 0 radical (unpaired) electrons. The first-order valence-electron chi connectivity index (χ1n) is 5.90. The van der Waals surface area contributed by atoms with Crippen LogP contribution in [0.25, 0.3) is 11.4 Å². The largest absolute Gasteiger partial charge is 0.467 e. The molecule has 0 aliphatic rings. The second kappa shape index (κ2) is 5.51. The van der Waals surface area contributed by atoms with Gasteiger partial charge < -0.3 is 14.6 Å². The molecule has 2 rings (SSSR count). The highest BCUT2D eigenvalue weighted by atomic mass is 16.5. The van der Waals surface area contributed by atoms with Gasteiger partial charge in [0.2, 0.25) is 0 Å². The predicted molar refractivity (Wildman–Crippen MR) is 71.5 cm³/mol. The Labute approximate surface area is 111 Å². The first-order chi connectivity index (χ1) is 9.11. The Hall–Kier alpha value is -2.37. The Bertz CT molecular complexity index is 562. The Balaban J connectivity index is 2.11. The fraction of sp³-hybridized carbons (Fsp3) is 0.308. The molecule has 0 fully saturated rings. The van der Waals surface area contributed by atoms with E-state index in [1.165, 1.54) is 7.11 Å². The van der Waals surface area contributed by atoms with Crippen molar-refractivity contribution in [3.8, 4) is 11.4 Å². The normalized spacial score (nSPS) is 11.9. The van der Waals surface area contributed by atoms with E-state index in [9.17, 15) is 4.79 Å². The number of anilines is 1. The van der Waals surface area contributed by atoms with Crippen LogP contribution in [0.15, 0.2) is 30.6 Å². The lowest BCUT2D eigenvalue weighted by atomic mass is 10.2. The summed E-state index contributed by atoms with van der Waals surface area (Å²) in [6, 6.07) is 7.25. The number of nitrogens with zero attached hydrogens (tertiary/aromatic N) is 3. The van der Waals surface area contributed by atoms with Crippen LogP contribution in [0.2, 0.25) is 0 Å². The molecule has 0 saturated carbocycles. The van der Waals surface area contributed by atoms with E-state index in [0.29, 0.717) is 0 Å². The van der Waals surface area contributed by atoms with Crippen molar-refractivity contribution in [2.24, 2.45) is 7.05 Å². The van der Waals surface area contributed by atoms with Crippen LogP contribution in [0.3, 0.4) is 0 Å². The molecule has 1 atom stereocenters. The van der Waals surface area contributed by atoms with Gasteiger partial charge in [-0.3, -0.25) is 0 Å². The number of carbonyl (C=O) groups excluding carboxylic acids is 1. The van der Waals surface area contributed by atoms with Crippen LogP contribution >= 0.6 is 0 Å². The summed E-state index contributed by atoms with van der Waals surface area (Å²) in [5, 5.41) is 10.9. The third-order valence-corrected chi connectivity index (χ3v) is 2.79. The molecule has 6 heteroatoms. The van der Waals surface area contributed by atoms with Crippen molar-refractivity contribution >= 4 is 11.7 Å². The Morgan fingerprint density at radius 2 is 2.05 bits per heavy atom. The van der Waals surface area contributed by atoms with Gasteiger partial charge in [-0.1, -0.05) is 0 Å².